The fourth-order valence-corrected chi connectivity index (χ4v) is 1.46. The lowest BCUT2D eigenvalue weighted by Crippen LogP contribution is -2.11. The SMILES string of the molecule is COc1ccnc(OC)c1C(C)CON. The van der Waals surface area contributed by atoms with Crippen LogP contribution in [0.4, 0.5) is 0 Å². The van der Waals surface area contributed by atoms with E-state index in [2.05, 4.69) is 9.82 Å². The van der Waals surface area contributed by atoms with Gasteiger partial charge in [0.2, 0.25) is 5.88 Å². The van der Waals surface area contributed by atoms with Crippen molar-refractivity contribution >= 4 is 0 Å². The number of ether oxygens (including phenoxy) is 2. The van der Waals surface area contributed by atoms with Gasteiger partial charge in [-0.15, -0.1) is 0 Å². The number of nitrogens with two attached hydrogens (primary N) is 1. The van der Waals surface area contributed by atoms with Crippen LogP contribution in [0.25, 0.3) is 0 Å². The molecule has 2 N–H and O–H groups in total. The highest BCUT2D eigenvalue weighted by atomic mass is 16.6. The molecule has 1 aromatic rings. The minimum absolute atomic E-state index is 0.0635. The maximum atomic E-state index is 5.24. The van der Waals surface area contributed by atoms with Gasteiger partial charge in [0.05, 0.1) is 26.4 Å². The largest absolute Gasteiger partial charge is 0.496 e. The van der Waals surface area contributed by atoms with Crippen LogP contribution >= 0.6 is 0 Å². The van der Waals surface area contributed by atoms with Crippen LogP contribution in [0.15, 0.2) is 12.3 Å². The van der Waals surface area contributed by atoms with Gasteiger partial charge in [-0.2, -0.15) is 0 Å². The van der Waals surface area contributed by atoms with Crippen LogP contribution in [0.2, 0.25) is 0 Å². The summed E-state index contributed by atoms with van der Waals surface area (Å²) in [6.07, 6.45) is 1.64. The molecular formula is C10H16N2O3. The smallest absolute Gasteiger partial charge is 0.220 e. The Morgan fingerprint density at radius 2 is 2.13 bits per heavy atom. The molecule has 0 amide bonds. The molecule has 0 radical (unpaired) electrons. The molecule has 5 heteroatoms. The molecule has 84 valence electrons. The highest BCUT2D eigenvalue weighted by molar-refractivity contribution is 5.42. The number of nitrogens with zero attached hydrogens (tertiary/aromatic N) is 1. The van der Waals surface area contributed by atoms with Crippen molar-refractivity contribution < 1.29 is 14.3 Å². The molecule has 0 aliphatic carbocycles. The molecule has 1 atom stereocenters. The van der Waals surface area contributed by atoms with Crippen LogP contribution in [-0.4, -0.2) is 25.8 Å². The molecule has 0 saturated carbocycles. The highest BCUT2D eigenvalue weighted by Gasteiger charge is 2.18. The molecule has 15 heavy (non-hydrogen) atoms. The number of hydrogen-bond donors (Lipinski definition) is 1. The Morgan fingerprint density at radius 3 is 2.67 bits per heavy atom. The molecule has 0 aliphatic rings. The lowest BCUT2D eigenvalue weighted by atomic mass is 10.0. The summed E-state index contributed by atoms with van der Waals surface area (Å²) in [5, 5.41) is 0. The molecule has 1 unspecified atom stereocenters. The maximum absolute atomic E-state index is 5.24. The van der Waals surface area contributed by atoms with Gasteiger partial charge in [-0.3, -0.25) is 0 Å². The second kappa shape index (κ2) is 5.53. The second-order valence-corrected chi connectivity index (χ2v) is 3.17. The zero-order chi connectivity index (χ0) is 11.3. The lowest BCUT2D eigenvalue weighted by molar-refractivity contribution is 0.125. The molecule has 1 rings (SSSR count). The van der Waals surface area contributed by atoms with E-state index in [1.54, 1.807) is 26.5 Å². The summed E-state index contributed by atoms with van der Waals surface area (Å²) < 4.78 is 10.4. The van der Waals surface area contributed by atoms with Crippen molar-refractivity contribution in [1.82, 2.24) is 4.98 Å². The first kappa shape index (κ1) is 11.7. The summed E-state index contributed by atoms with van der Waals surface area (Å²) in [7, 11) is 3.18. The predicted molar refractivity (Wildman–Crippen MR) is 55.9 cm³/mol. The van der Waals surface area contributed by atoms with Gasteiger partial charge >= 0.3 is 0 Å². The molecule has 0 fully saturated rings. The Labute approximate surface area is 89.1 Å². The van der Waals surface area contributed by atoms with Crippen molar-refractivity contribution in [2.24, 2.45) is 5.90 Å². The highest BCUT2D eigenvalue weighted by Crippen LogP contribution is 2.32. The van der Waals surface area contributed by atoms with Crippen LogP contribution < -0.4 is 15.4 Å². The number of pyridine rings is 1. The van der Waals surface area contributed by atoms with Crippen LogP contribution in [0.5, 0.6) is 11.6 Å². The topological polar surface area (TPSA) is 66.6 Å². The number of rotatable bonds is 5. The Hall–Kier alpha value is -1.33. The van der Waals surface area contributed by atoms with E-state index in [9.17, 15) is 0 Å². The Morgan fingerprint density at radius 1 is 1.40 bits per heavy atom. The fourth-order valence-electron chi connectivity index (χ4n) is 1.46. The Balaban J connectivity index is 3.09. The molecule has 0 aromatic carbocycles. The Kier molecular flexibility index (Phi) is 4.33. The molecule has 0 saturated heterocycles. The molecule has 0 spiro atoms. The number of hydrogen-bond acceptors (Lipinski definition) is 5. The minimum atomic E-state index is 0.0635. The van der Waals surface area contributed by atoms with Gasteiger partial charge in [-0.05, 0) is 6.07 Å². The third kappa shape index (κ3) is 2.57. The molecule has 0 bridgehead atoms. The van der Waals surface area contributed by atoms with Crippen LogP contribution in [-0.2, 0) is 4.84 Å². The number of methoxy groups -OCH3 is 2. The zero-order valence-corrected chi connectivity index (χ0v) is 9.19. The van der Waals surface area contributed by atoms with E-state index < -0.39 is 0 Å². The molecule has 1 heterocycles. The van der Waals surface area contributed by atoms with Crippen molar-refractivity contribution in [2.45, 2.75) is 12.8 Å². The summed E-state index contributed by atoms with van der Waals surface area (Å²) in [6.45, 7) is 2.35. The lowest BCUT2D eigenvalue weighted by Gasteiger charge is -2.16. The molecule has 5 nitrogen and oxygen atoms in total. The normalized spacial score (nSPS) is 12.3. The summed E-state index contributed by atoms with van der Waals surface area (Å²) >= 11 is 0. The van der Waals surface area contributed by atoms with Crippen molar-refractivity contribution in [3.05, 3.63) is 17.8 Å². The van der Waals surface area contributed by atoms with Crippen LogP contribution in [0.3, 0.4) is 0 Å². The van der Waals surface area contributed by atoms with Gasteiger partial charge < -0.3 is 14.3 Å². The third-order valence-corrected chi connectivity index (χ3v) is 2.17. The number of aromatic nitrogens is 1. The van der Waals surface area contributed by atoms with Crippen molar-refractivity contribution in [1.29, 1.82) is 0 Å². The van der Waals surface area contributed by atoms with Crippen molar-refractivity contribution in [2.75, 3.05) is 20.8 Å². The summed E-state index contributed by atoms with van der Waals surface area (Å²) in [5.41, 5.74) is 0.868. The molecular weight excluding hydrogens is 196 g/mol. The van der Waals surface area contributed by atoms with Gasteiger partial charge in [0.15, 0.2) is 0 Å². The summed E-state index contributed by atoms with van der Waals surface area (Å²) in [6, 6.07) is 1.78. The molecule has 0 aliphatic heterocycles. The van der Waals surface area contributed by atoms with E-state index in [-0.39, 0.29) is 5.92 Å². The molecule has 1 aromatic heterocycles. The third-order valence-electron chi connectivity index (χ3n) is 2.17. The average molecular weight is 212 g/mol. The zero-order valence-electron chi connectivity index (χ0n) is 9.19. The van der Waals surface area contributed by atoms with Gasteiger partial charge in [-0.1, -0.05) is 6.92 Å². The quantitative estimate of drug-likeness (QED) is 0.740. The van der Waals surface area contributed by atoms with E-state index in [0.717, 1.165) is 11.3 Å². The first-order chi connectivity index (χ1) is 7.24. The standard InChI is InChI=1S/C10H16N2O3/c1-7(6-15-11)9-8(13-2)4-5-12-10(9)14-3/h4-5,7H,6,11H2,1-3H3. The Bertz CT molecular complexity index is 295. The van der Waals surface area contributed by atoms with E-state index >= 15 is 0 Å². The van der Waals surface area contributed by atoms with Gasteiger partial charge in [0.25, 0.3) is 0 Å². The first-order valence-corrected chi connectivity index (χ1v) is 4.63. The van der Waals surface area contributed by atoms with E-state index in [1.165, 1.54) is 0 Å². The first-order valence-electron chi connectivity index (χ1n) is 4.63. The van der Waals surface area contributed by atoms with Gasteiger partial charge in [0, 0.05) is 12.1 Å². The summed E-state index contributed by atoms with van der Waals surface area (Å²) in [5.74, 6) is 6.38. The minimum Gasteiger partial charge on any atom is -0.496 e. The van der Waals surface area contributed by atoms with E-state index in [1.807, 2.05) is 6.92 Å². The van der Waals surface area contributed by atoms with Crippen LogP contribution in [0, 0.1) is 0 Å². The van der Waals surface area contributed by atoms with E-state index in [4.69, 9.17) is 15.4 Å². The average Bonchev–Trinajstić information content (AvgIpc) is 2.28. The maximum Gasteiger partial charge on any atom is 0.220 e. The van der Waals surface area contributed by atoms with Crippen molar-refractivity contribution in [3.8, 4) is 11.6 Å². The fraction of sp³-hybridized carbons (Fsp3) is 0.500. The van der Waals surface area contributed by atoms with Crippen LogP contribution in [0.1, 0.15) is 18.4 Å². The predicted octanol–water partition coefficient (Wildman–Crippen LogP) is 1.09. The van der Waals surface area contributed by atoms with Gasteiger partial charge in [0.1, 0.15) is 5.75 Å². The monoisotopic (exact) mass is 212 g/mol. The van der Waals surface area contributed by atoms with E-state index in [0.29, 0.717) is 12.5 Å². The second-order valence-electron chi connectivity index (χ2n) is 3.17. The van der Waals surface area contributed by atoms with Gasteiger partial charge in [-0.25, -0.2) is 10.9 Å². The van der Waals surface area contributed by atoms with Crippen molar-refractivity contribution in [3.63, 3.8) is 0 Å². The summed E-state index contributed by atoms with van der Waals surface area (Å²) in [4.78, 5) is 8.73.